The quantitative estimate of drug-likeness (QED) is 0.631. The summed E-state index contributed by atoms with van der Waals surface area (Å²) < 4.78 is 0. The second-order valence-corrected chi connectivity index (χ2v) is 3.12. The number of halogens is 1. The lowest BCUT2D eigenvalue weighted by molar-refractivity contribution is 0.300. The van der Waals surface area contributed by atoms with Crippen LogP contribution in [0.5, 0.6) is 0 Å². The van der Waals surface area contributed by atoms with E-state index >= 15 is 0 Å². The van der Waals surface area contributed by atoms with E-state index in [0.29, 0.717) is 6.04 Å². The minimum Gasteiger partial charge on any atom is -0.327 e. The van der Waals surface area contributed by atoms with Crippen molar-refractivity contribution in [2.45, 2.75) is 45.1 Å². The van der Waals surface area contributed by atoms with E-state index in [4.69, 9.17) is 5.73 Å². The van der Waals surface area contributed by atoms with Crippen molar-refractivity contribution in [3.63, 3.8) is 0 Å². The molecule has 62 valence electrons. The van der Waals surface area contributed by atoms with Crippen molar-refractivity contribution in [2.24, 2.45) is 11.7 Å². The molecular formula is C8H18ClN. The first kappa shape index (κ1) is 10.2. The molecule has 0 aromatic carbocycles. The summed E-state index contributed by atoms with van der Waals surface area (Å²) in [6.45, 7) is 2.25. The summed E-state index contributed by atoms with van der Waals surface area (Å²) in [5.74, 6) is 0.832. The van der Waals surface area contributed by atoms with Crippen LogP contribution >= 0.6 is 12.4 Å². The minimum absolute atomic E-state index is 0. The lowest BCUT2D eigenvalue weighted by Crippen LogP contribution is -2.32. The first-order valence-electron chi connectivity index (χ1n) is 4.10. The maximum atomic E-state index is 5.89. The Morgan fingerprint density at radius 2 is 1.90 bits per heavy atom. The molecule has 0 aromatic heterocycles. The highest BCUT2D eigenvalue weighted by atomic mass is 35.5. The average molecular weight is 164 g/mol. The summed E-state index contributed by atoms with van der Waals surface area (Å²) in [5, 5.41) is 0. The van der Waals surface area contributed by atoms with Crippen molar-refractivity contribution in [1.29, 1.82) is 0 Å². The van der Waals surface area contributed by atoms with Crippen molar-refractivity contribution >= 4 is 12.4 Å². The van der Waals surface area contributed by atoms with Gasteiger partial charge in [0, 0.05) is 6.04 Å². The maximum Gasteiger partial charge on any atom is 0.00670 e. The van der Waals surface area contributed by atoms with Crippen LogP contribution in [0.15, 0.2) is 0 Å². The Bertz CT molecular complexity index is 85.3. The molecule has 0 aliphatic heterocycles. The van der Waals surface area contributed by atoms with Crippen LogP contribution in [0.3, 0.4) is 0 Å². The highest BCUT2D eigenvalue weighted by Gasteiger charge is 2.18. The van der Waals surface area contributed by atoms with Gasteiger partial charge in [0.2, 0.25) is 0 Å². The van der Waals surface area contributed by atoms with Crippen LogP contribution in [0.4, 0.5) is 0 Å². The summed E-state index contributed by atoms with van der Waals surface area (Å²) in [7, 11) is 0. The van der Waals surface area contributed by atoms with Crippen LogP contribution in [-0.4, -0.2) is 6.04 Å². The van der Waals surface area contributed by atoms with E-state index in [1.54, 1.807) is 0 Å². The Kier molecular flexibility index (Phi) is 5.10. The highest BCUT2D eigenvalue weighted by Crippen LogP contribution is 2.24. The standard InChI is InChI=1S/C8H17N.ClH/c1-2-7-5-3-4-6-8(7)9;/h7-8H,2-6,9H2,1H3;1H. The van der Waals surface area contributed by atoms with Gasteiger partial charge in [0.15, 0.2) is 0 Å². The van der Waals surface area contributed by atoms with Gasteiger partial charge in [-0.15, -0.1) is 12.4 Å². The van der Waals surface area contributed by atoms with Gasteiger partial charge in [-0.05, 0) is 18.8 Å². The molecular weight excluding hydrogens is 146 g/mol. The maximum absolute atomic E-state index is 5.89. The van der Waals surface area contributed by atoms with Crippen molar-refractivity contribution in [3.8, 4) is 0 Å². The third-order valence-corrected chi connectivity index (χ3v) is 2.49. The molecule has 0 amide bonds. The predicted octanol–water partition coefficient (Wildman–Crippen LogP) is 2.34. The Morgan fingerprint density at radius 1 is 1.30 bits per heavy atom. The highest BCUT2D eigenvalue weighted by molar-refractivity contribution is 5.85. The summed E-state index contributed by atoms with van der Waals surface area (Å²) in [4.78, 5) is 0. The predicted molar refractivity (Wildman–Crippen MR) is 47.5 cm³/mol. The molecule has 1 aliphatic rings. The number of rotatable bonds is 1. The van der Waals surface area contributed by atoms with Crippen LogP contribution in [-0.2, 0) is 0 Å². The van der Waals surface area contributed by atoms with Gasteiger partial charge >= 0.3 is 0 Å². The topological polar surface area (TPSA) is 26.0 Å². The van der Waals surface area contributed by atoms with E-state index in [0.717, 1.165) is 5.92 Å². The molecule has 0 radical (unpaired) electrons. The van der Waals surface area contributed by atoms with Gasteiger partial charge in [-0.25, -0.2) is 0 Å². The molecule has 1 rings (SSSR count). The van der Waals surface area contributed by atoms with Crippen LogP contribution in [0, 0.1) is 5.92 Å². The van der Waals surface area contributed by atoms with Gasteiger partial charge in [-0.3, -0.25) is 0 Å². The minimum atomic E-state index is 0. The van der Waals surface area contributed by atoms with Crippen LogP contribution in [0.1, 0.15) is 39.0 Å². The lowest BCUT2D eigenvalue weighted by Gasteiger charge is -2.27. The molecule has 2 atom stereocenters. The van der Waals surface area contributed by atoms with Crippen LogP contribution < -0.4 is 5.73 Å². The zero-order valence-corrected chi connectivity index (χ0v) is 7.49. The molecule has 1 fully saturated rings. The first-order chi connectivity index (χ1) is 4.34. The molecule has 2 heteroatoms. The Morgan fingerprint density at radius 3 is 2.30 bits per heavy atom. The van der Waals surface area contributed by atoms with E-state index in [9.17, 15) is 0 Å². The van der Waals surface area contributed by atoms with E-state index in [1.165, 1.54) is 32.1 Å². The van der Waals surface area contributed by atoms with Gasteiger partial charge in [0.05, 0.1) is 0 Å². The molecule has 1 saturated carbocycles. The van der Waals surface area contributed by atoms with Crippen molar-refractivity contribution in [1.82, 2.24) is 0 Å². The molecule has 0 heterocycles. The van der Waals surface area contributed by atoms with Gasteiger partial charge in [0.25, 0.3) is 0 Å². The third kappa shape index (κ3) is 2.47. The fourth-order valence-electron chi connectivity index (χ4n) is 1.74. The summed E-state index contributed by atoms with van der Waals surface area (Å²) in [6.07, 6.45) is 6.68. The van der Waals surface area contributed by atoms with E-state index in [-0.39, 0.29) is 12.4 Å². The fourth-order valence-corrected chi connectivity index (χ4v) is 1.74. The molecule has 0 aromatic rings. The second-order valence-electron chi connectivity index (χ2n) is 3.12. The zero-order valence-electron chi connectivity index (χ0n) is 6.68. The number of nitrogens with two attached hydrogens (primary N) is 1. The summed E-state index contributed by atoms with van der Waals surface area (Å²) in [6, 6.07) is 0.517. The van der Waals surface area contributed by atoms with Gasteiger partial charge in [-0.2, -0.15) is 0 Å². The van der Waals surface area contributed by atoms with Crippen molar-refractivity contribution < 1.29 is 0 Å². The lowest BCUT2D eigenvalue weighted by atomic mass is 9.84. The molecule has 2 unspecified atom stereocenters. The summed E-state index contributed by atoms with van der Waals surface area (Å²) in [5.41, 5.74) is 5.89. The average Bonchev–Trinajstić information content (AvgIpc) is 1.89. The first-order valence-corrected chi connectivity index (χ1v) is 4.10. The second kappa shape index (κ2) is 4.97. The Balaban J connectivity index is 0.000000810. The summed E-state index contributed by atoms with van der Waals surface area (Å²) >= 11 is 0. The molecule has 0 saturated heterocycles. The van der Waals surface area contributed by atoms with Gasteiger partial charge in [0.1, 0.15) is 0 Å². The largest absolute Gasteiger partial charge is 0.327 e. The Hall–Kier alpha value is 0.250. The molecule has 1 aliphatic carbocycles. The van der Waals surface area contributed by atoms with Gasteiger partial charge < -0.3 is 5.73 Å². The molecule has 2 N–H and O–H groups in total. The molecule has 1 nitrogen and oxygen atoms in total. The van der Waals surface area contributed by atoms with E-state index < -0.39 is 0 Å². The van der Waals surface area contributed by atoms with E-state index in [1.807, 2.05) is 0 Å². The fraction of sp³-hybridized carbons (Fsp3) is 1.00. The van der Waals surface area contributed by atoms with Crippen molar-refractivity contribution in [2.75, 3.05) is 0 Å². The van der Waals surface area contributed by atoms with E-state index in [2.05, 4.69) is 6.92 Å². The third-order valence-electron chi connectivity index (χ3n) is 2.49. The van der Waals surface area contributed by atoms with Crippen molar-refractivity contribution in [3.05, 3.63) is 0 Å². The molecule has 0 bridgehead atoms. The zero-order chi connectivity index (χ0) is 6.69. The molecule has 10 heavy (non-hydrogen) atoms. The Labute approximate surface area is 69.8 Å². The van der Waals surface area contributed by atoms with Gasteiger partial charge in [-0.1, -0.05) is 26.2 Å². The number of hydrogen-bond donors (Lipinski definition) is 1. The number of hydrogen-bond acceptors (Lipinski definition) is 1. The monoisotopic (exact) mass is 163 g/mol. The molecule has 0 spiro atoms. The SMILES string of the molecule is CCC1CCCCC1N.Cl. The smallest absolute Gasteiger partial charge is 0.00670 e. The van der Waals surface area contributed by atoms with Crippen LogP contribution in [0.2, 0.25) is 0 Å². The normalized spacial score (nSPS) is 33.0. The van der Waals surface area contributed by atoms with Crippen LogP contribution in [0.25, 0.3) is 0 Å².